The number of hydrogen-bond acceptors (Lipinski definition) is 2. The van der Waals surface area contributed by atoms with Crippen molar-refractivity contribution in [2.24, 2.45) is 0 Å². The van der Waals surface area contributed by atoms with E-state index in [0.29, 0.717) is 11.3 Å². The topological polar surface area (TPSA) is 47.8 Å². The van der Waals surface area contributed by atoms with Crippen LogP contribution in [-0.4, -0.2) is 5.11 Å². The van der Waals surface area contributed by atoms with Crippen LogP contribution in [0.2, 0.25) is 0 Å². The molecule has 3 nitrogen and oxygen atoms in total. The molecule has 0 aliphatic carbocycles. The van der Waals surface area contributed by atoms with Crippen LogP contribution in [0.4, 0.5) is 10.1 Å². The van der Waals surface area contributed by atoms with Crippen LogP contribution in [0.1, 0.15) is 6.99 Å². The van der Waals surface area contributed by atoms with E-state index in [9.17, 15) is 4.39 Å². The minimum Gasteiger partial charge on any atom is -1.00 e. The number of thiocarbonyl (C=S) groups is 1. The number of nitrogens with zero attached hydrogens (tertiary/aromatic N) is 1. The first-order valence-corrected chi connectivity index (χ1v) is 4.27. The Kier molecular flexibility index (Phi) is 6.45. The van der Waals surface area contributed by atoms with Crippen molar-refractivity contribution in [1.29, 1.82) is 5.26 Å². The minimum atomic E-state index is -0.310. The average molecular weight is 233 g/mol. The van der Waals surface area contributed by atoms with Gasteiger partial charge in [0.15, 0.2) is 11.3 Å². The molecule has 1 aromatic carbocycles. The van der Waals surface area contributed by atoms with E-state index < -0.39 is 0 Å². The Hall–Kier alpha value is -0.670. The number of nitrogens with one attached hydrogen (secondary N) is 2. The molecular weight excluding hydrogens is 224 g/mol. The van der Waals surface area contributed by atoms with E-state index in [1.807, 2.05) is 0 Å². The third-order valence-electron chi connectivity index (χ3n) is 1.69. The van der Waals surface area contributed by atoms with Gasteiger partial charge in [0.05, 0.1) is 0 Å². The Morgan fingerprint density at radius 2 is 2.27 bits per heavy atom. The van der Waals surface area contributed by atoms with Gasteiger partial charge in [-0.1, -0.05) is 6.07 Å². The molecule has 0 heterocycles. The molecule has 74 valence electrons. The summed E-state index contributed by atoms with van der Waals surface area (Å²) in [4.78, 5) is 0. The number of nitriles is 1. The summed E-state index contributed by atoms with van der Waals surface area (Å²) in [6.45, 7) is 1.63. The quantitative estimate of drug-likeness (QED) is 0.283. The maximum atomic E-state index is 13.0. The monoisotopic (exact) mass is 233 g/mol. The summed E-state index contributed by atoms with van der Waals surface area (Å²) in [5.74, 6) is -0.310. The van der Waals surface area contributed by atoms with Crippen LogP contribution in [0.5, 0.6) is 0 Å². The van der Waals surface area contributed by atoms with Gasteiger partial charge in [-0.05, 0) is 31.3 Å². The van der Waals surface area contributed by atoms with Crippen LogP contribution in [-0.2, 0) is 0 Å². The largest absolute Gasteiger partial charge is 1.00 e. The van der Waals surface area contributed by atoms with Gasteiger partial charge in [0.2, 0.25) is 0 Å². The molecule has 0 aliphatic heterocycles. The number of benzene rings is 1. The fourth-order valence-electron chi connectivity index (χ4n) is 0.947. The summed E-state index contributed by atoms with van der Waals surface area (Å²) in [7, 11) is 0. The van der Waals surface area contributed by atoms with Crippen molar-refractivity contribution >= 4 is 23.0 Å². The second-order valence-electron chi connectivity index (χ2n) is 2.60. The smallest absolute Gasteiger partial charge is 1.00 e. The van der Waals surface area contributed by atoms with Crippen LogP contribution in [0.3, 0.4) is 0 Å². The van der Waals surface area contributed by atoms with Crippen LogP contribution >= 0.6 is 12.2 Å². The van der Waals surface area contributed by atoms with E-state index in [1.54, 1.807) is 25.2 Å². The molecule has 6 heteroatoms. The Labute approximate surface area is 116 Å². The number of hydrogen-bond donors (Lipinski definition) is 2. The third kappa shape index (κ3) is 4.14. The normalized spacial score (nSPS) is 8.33. The van der Waals surface area contributed by atoms with Gasteiger partial charge in [0.1, 0.15) is 5.82 Å². The van der Waals surface area contributed by atoms with Crippen LogP contribution in [0.25, 0.3) is 0 Å². The molecule has 0 aromatic heterocycles. The fourth-order valence-corrected chi connectivity index (χ4v) is 1.10. The molecule has 15 heavy (non-hydrogen) atoms. The zero-order valence-corrected chi connectivity index (χ0v) is 11.3. The van der Waals surface area contributed by atoms with Gasteiger partial charge in [0.25, 0.3) is 0 Å². The SMILES string of the molecule is Cc1c(F)cccc1NC(=S)NC#N.[H-].[Na+]. The van der Waals surface area contributed by atoms with Gasteiger partial charge < -0.3 is 6.74 Å². The van der Waals surface area contributed by atoms with E-state index in [4.69, 9.17) is 17.5 Å². The first-order valence-electron chi connectivity index (χ1n) is 3.86. The molecule has 0 saturated carbocycles. The van der Waals surface area contributed by atoms with Gasteiger partial charge in [-0.2, -0.15) is 5.26 Å². The van der Waals surface area contributed by atoms with Crippen molar-refractivity contribution in [2.75, 3.05) is 5.32 Å². The molecule has 0 saturated heterocycles. The van der Waals surface area contributed by atoms with Crippen molar-refractivity contribution in [3.05, 3.63) is 29.6 Å². The predicted molar refractivity (Wildman–Crippen MR) is 57.2 cm³/mol. The van der Waals surface area contributed by atoms with E-state index in [-0.39, 0.29) is 41.9 Å². The Morgan fingerprint density at radius 3 is 2.87 bits per heavy atom. The predicted octanol–water partition coefficient (Wildman–Crippen LogP) is -0.982. The molecule has 2 N–H and O–H groups in total. The van der Waals surface area contributed by atoms with Gasteiger partial charge >= 0.3 is 29.6 Å². The maximum Gasteiger partial charge on any atom is 1.00 e. The van der Waals surface area contributed by atoms with Gasteiger partial charge in [-0.15, -0.1) is 0 Å². The molecule has 0 amide bonds. The molecule has 0 bridgehead atoms. The molecule has 1 aromatic rings. The fraction of sp³-hybridized carbons (Fsp3) is 0.111. The Bertz CT molecular complexity index is 408. The number of anilines is 1. The summed E-state index contributed by atoms with van der Waals surface area (Å²) in [6, 6.07) is 4.62. The van der Waals surface area contributed by atoms with Crippen molar-refractivity contribution in [2.45, 2.75) is 6.92 Å². The zero-order valence-electron chi connectivity index (χ0n) is 9.47. The second-order valence-corrected chi connectivity index (χ2v) is 3.01. The number of halogens is 1. The first kappa shape index (κ1) is 14.3. The van der Waals surface area contributed by atoms with Crippen LogP contribution in [0.15, 0.2) is 18.2 Å². The molecule has 0 fully saturated rings. The summed E-state index contributed by atoms with van der Waals surface area (Å²) < 4.78 is 13.0. The molecule has 1 rings (SSSR count). The summed E-state index contributed by atoms with van der Waals surface area (Å²) >= 11 is 4.77. The van der Waals surface area contributed by atoms with E-state index >= 15 is 0 Å². The molecule has 0 aliphatic rings. The molecule has 0 radical (unpaired) electrons. The van der Waals surface area contributed by atoms with Crippen LogP contribution < -0.4 is 40.2 Å². The maximum absolute atomic E-state index is 13.0. The van der Waals surface area contributed by atoms with Crippen molar-refractivity contribution in [1.82, 2.24) is 5.32 Å². The summed E-state index contributed by atoms with van der Waals surface area (Å²) in [5.41, 5.74) is 1.02. The summed E-state index contributed by atoms with van der Waals surface area (Å²) in [5, 5.41) is 13.4. The molecular formula is C9H9FN3NaS. The third-order valence-corrected chi connectivity index (χ3v) is 1.89. The first-order chi connectivity index (χ1) is 6.65. The standard InChI is InChI=1S/C9H8FN3S.Na.H/c1-6-7(10)3-2-4-8(6)13-9(14)12-5-11;;/h2-4H,1H3,(H2,12,13,14);;/q;+1;-1. The molecule has 0 unspecified atom stereocenters. The molecule has 0 atom stereocenters. The second kappa shape index (κ2) is 6.75. The molecule has 0 spiro atoms. The summed E-state index contributed by atoms with van der Waals surface area (Å²) in [6.07, 6.45) is 1.67. The average Bonchev–Trinajstić information content (AvgIpc) is 2.13. The number of rotatable bonds is 1. The van der Waals surface area contributed by atoms with E-state index in [1.165, 1.54) is 6.07 Å². The van der Waals surface area contributed by atoms with Crippen LogP contribution in [0, 0.1) is 24.2 Å². The van der Waals surface area contributed by atoms with Gasteiger partial charge in [-0.3, -0.25) is 5.32 Å². The van der Waals surface area contributed by atoms with Crippen molar-refractivity contribution in [3.63, 3.8) is 0 Å². The van der Waals surface area contributed by atoms with E-state index in [0.717, 1.165) is 0 Å². The van der Waals surface area contributed by atoms with Gasteiger partial charge in [0, 0.05) is 11.3 Å². The Morgan fingerprint density at radius 1 is 1.60 bits per heavy atom. The van der Waals surface area contributed by atoms with Crippen molar-refractivity contribution in [3.8, 4) is 6.19 Å². The minimum absolute atomic E-state index is 0. The van der Waals surface area contributed by atoms with Gasteiger partial charge in [-0.25, -0.2) is 4.39 Å². The van der Waals surface area contributed by atoms with E-state index in [2.05, 4.69) is 10.6 Å². The zero-order chi connectivity index (χ0) is 10.6. The Balaban J connectivity index is 0. The van der Waals surface area contributed by atoms with Crippen molar-refractivity contribution < 1.29 is 35.4 Å².